The van der Waals surface area contributed by atoms with Gasteiger partial charge in [0.2, 0.25) is 0 Å². The molecule has 0 spiro atoms. The average molecular weight is 269 g/mol. The minimum absolute atomic E-state index is 0.110. The summed E-state index contributed by atoms with van der Waals surface area (Å²) in [5.41, 5.74) is 2.10. The molecule has 1 amide bonds. The molecule has 3 aromatic heterocycles. The van der Waals surface area contributed by atoms with Gasteiger partial charge in [0, 0.05) is 31.7 Å². The lowest BCUT2D eigenvalue weighted by atomic mass is 10.3. The van der Waals surface area contributed by atoms with E-state index in [0.29, 0.717) is 18.8 Å². The summed E-state index contributed by atoms with van der Waals surface area (Å²) in [6.07, 6.45) is 7.16. The molecule has 0 fully saturated rings. The lowest BCUT2D eigenvalue weighted by molar-refractivity contribution is 0.0946. The van der Waals surface area contributed by atoms with Crippen LogP contribution in [-0.2, 0) is 6.54 Å². The largest absolute Gasteiger partial charge is 0.349 e. The Morgan fingerprint density at radius 2 is 2.25 bits per heavy atom. The SMILES string of the molecule is Cc1nc2ccccn2c1C(=O)NCCn1ccnc1. The normalized spacial score (nSPS) is 10.8. The van der Waals surface area contributed by atoms with Crippen LogP contribution in [0, 0.1) is 6.92 Å². The molecule has 6 heteroatoms. The van der Waals surface area contributed by atoms with E-state index in [1.807, 2.05) is 46.5 Å². The number of hydrogen-bond donors (Lipinski definition) is 1. The number of amides is 1. The highest BCUT2D eigenvalue weighted by molar-refractivity contribution is 5.94. The first-order chi connectivity index (χ1) is 9.75. The number of carbonyl (C=O) groups excluding carboxylic acids is 1. The van der Waals surface area contributed by atoms with Crippen LogP contribution in [0.3, 0.4) is 0 Å². The van der Waals surface area contributed by atoms with Crippen molar-refractivity contribution in [3.05, 3.63) is 54.5 Å². The van der Waals surface area contributed by atoms with Crippen LogP contribution in [0.25, 0.3) is 5.65 Å². The van der Waals surface area contributed by atoms with Gasteiger partial charge in [-0.25, -0.2) is 9.97 Å². The molecule has 102 valence electrons. The number of nitrogens with one attached hydrogen (secondary N) is 1. The Morgan fingerprint density at radius 3 is 3.05 bits per heavy atom. The molecule has 20 heavy (non-hydrogen) atoms. The fourth-order valence-corrected chi connectivity index (χ4v) is 2.19. The summed E-state index contributed by atoms with van der Waals surface area (Å²) < 4.78 is 3.73. The molecule has 0 radical (unpaired) electrons. The smallest absolute Gasteiger partial charge is 0.270 e. The van der Waals surface area contributed by atoms with Crippen LogP contribution in [0.4, 0.5) is 0 Å². The fourth-order valence-electron chi connectivity index (χ4n) is 2.19. The highest BCUT2D eigenvalue weighted by Gasteiger charge is 2.15. The highest BCUT2D eigenvalue weighted by Crippen LogP contribution is 2.11. The number of fused-ring (bicyclic) bond motifs is 1. The molecule has 0 saturated carbocycles. The number of rotatable bonds is 4. The third-order valence-electron chi connectivity index (χ3n) is 3.13. The van der Waals surface area contributed by atoms with Crippen molar-refractivity contribution in [1.29, 1.82) is 0 Å². The Bertz CT molecular complexity index is 729. The van der Waals surface area contributed by atoms with Gasteiger partial charge in [0.15, 0.2) is 0 Å². The second-order valence-corrected chi connectivity index (χ2v) is 4.53. The molecule has 1 N–H and O–H groups in total. The fraction of sp³-hybridized carbons (Fsp3) is 0.214. The Morgan fingerprint density at radius 1 is 1.35 bits per heavy atom. The maximum absolute atomic E-state index is 12.3. The minimum Gasteiger partial charge on any atom is -0.349 e. The Kier molecular flexibility index (Phi) is 3.20. The molecule has 6 nitrogen and oxygen atoms in total. The predicted octanol–water partition coefficient (Wildman–Crippen LogP) is 1.27. The molecule has 3 aromatic rings. The van der Waals surface area contributed by atoms with E-state index in [0.717, 1.165) is 11.3 Å². The Hall–Kier alpha value is -2.63. The van der Waals surface area contributed by atoms with E-state index >= 15 is 0 Å². The maximum atomic E-state index is 12.3. The molecule has 0 bridgehead atoms. The van der Waals surface area contributed by atoms with E-state index in [4.69, 9.17) is 0 Å². The van der Waals surface area contributed by atoms with Crippen LogP contribution < -0.4 is 5.32 Å². The summed E-state index contributed by atoms with van der Waals surface area (Å²) in [5, 5.41) is 2.91. The predicted molar refractivity (Wildman–Crippen MR) is 74.5 cm³/mol. The summed E-state index contributed by atoms with van der Waals surface area (Å²) in [4.78, 5) is 20.6. The lowest BCUT2D eigenvalue weighted by Gasteiger charge is -2.06. The van der Waals surface area contributed by atoms with Crippen molar-refractivity contribution in [3.63, 3.8) is 0 Å². The van der Waals surface area contributed by atoms with E-state index in [1.54, 1.807) is 12.5 Å². The third kappa shape index (κ3) is 2.27. The molecule has 0 unspecified atom stereocenters. The van der Waals surface area contributed by atoms with Gasteiger partial charge in [-0.15, -0.1) is 0 Å². The van der Waals surface area contributed by atoms with Crippen molar-refractivity contribution >= 4 is 11.6 Å². The van der Waals surface area contributed by atoms with Gasteiger partial charge in [0.25, 0.3) is 5.91 Å². The van der Waals surface area contributed by atoms with Gasteiger partial charge in [-0.3, -0.25) is 9.20 Å². The van der Waals surface area contributed by atoms with Crippen molar-refractivity contribution in [3.8, 4) is 0 Å². The molecule has 0 aliphatic carbocycles. The number of hydrogen-bond acceptors (Lipinski definition) is 3. The topological polar surface area (TPSA) is 64.2 Å². The quantitative estimate of drug-likeness (QED) is 0.775. The summed E-state index contributed by atoms with van der Waals surface area (Å²) in [6, 6.07) is 5.67. The first kappa shape index (κ1) is 12.4. The molecule has 0 aromatic carbocycles. The van der Waals surface area contributed by atoms with E-state index in [2.05, 4.69) is 15.3 Å². The minimum atomic E-state index is -0.110. The molecular weight excluding hydrogens is 254 g/mol. The molecule has 3 rings (SSSR count). The molecule has 3 heterocycles. The van der Waals surface area contributed by atoms with Crippen molar-refractivity contribution in [1.82, 2.24) is 24.3 Å². The van der Waals surface area contributed by atoms with E-state index in [9.17, 15) is 4.79 Å². The number of imidazole rings is 2. The van der Waals surface area contributed by atoms with Crippen LogP contribution >= 0.6 is 0 Å². The number of carbonyl (C=O) groups is 1. The highest BCUT2D eigenvalue weighted by atomic mass is 16.1. The number of pyridine rings is 1. The van der Waals surface area contributed by atoms with Crippen LogP contribution in [0.5, 0.6) is 0 Å². The van der Waals surface area contributed by atoms with E-state index < -0.39 is 0 Å². The van der Waals surface area contributed by atoms with Gasteiger partial charge in [-0.05, 0) is 19.1 Å². The third-order valence-corrected chi connectivity index (χ3v) is 3.13. The van der Waals surface area contributed by atoms with Gasteiger partial charge in [-0.1, -0.05) is 6.07 Å². The Labute approximate surface area is 116 Å². The van der Waals surface area contributed by atoms with Gasteiger partial charge in [-0.2, -0.15) is 0 Å². The first-order valence-corrected chi connectivity index (χ1v) is 6.43. The number of aromatic nitrogens is 4. The molecule has 0 atom stereocenters. The van der Waals surface area contributed by atoms with Gasteiger partial charge >= 0.3 is 0 Å². The van der Waals surface area contributed by atoms with Crippen LogP contribution in [-0.4, -0.2) is 31.4 Å². The summed E-state index contributed by atoms with van der Waals surface area (Å²) in [6.45, 7) is 3.09. The van der Waals surface area contributed by atoms with Crippen molar-refractivity contribution in [2.24, 2.45) is 0 Å². The zero-order valence-corrected chi connectivity index (χ0v) is 11.2. The summed E-state index contributed by atoms with van der Waals surface area (Å²) >= 11 is 0. The van der Waals surface area contributed by atoms with Crippen molar-refractivity contribution in [2.45, 2.75) is 13.5 Å². The summed E-state index contributed by atoms with van der Waals surface area (Å²) in [5.74, 6) is -0.110. The Balaban J connectivity index is 1.74. The molecule has 0 saturated heterocycles. The first-order valence-electron chi connectivity index (χ1n) is 6.43. The van der Waals surface area contributed by atoms with E-state index in [-0.39, 0.29) is 5.91 Å². The van der Waals surface area contributed by atoms with Gasteiger partial charge < -0.3 is 9.88 Å². The molecule has 0 aliphatic heterocycles. The van der Waals surface area contributed by atoms with Crippen LogP contribution in [0.15, 0.2) is 43.1 Å². The van der Waals surface area contributed by atoms with Crippen LogP contribution in [0.1, 0.15) is 16.2 Å². The van der Waals surface area contributed by atoms with Crippen molar-refractivity contribution < 1.29 is 4.79 Å². The average Bonchev–Trinajstić information content (AvgIpc) is 3.04. The zero-order valence-electron chi connectivity index (χ0n) is 11.2. The second kappa shape index (κ2) is 5.16. The maximum Gasteiger partial charge on any atom is 0.270 e. The molecular formula is C14H15N5O. The van der Waals surface area contributed by atoms with E-state index in [1.165, 1.54) is 0 Å². The lowest BCUT2D eigenvalue weighted by Crippen LogP contribution is -2.28. The van der Waals surface area contributed by atoms with Gasteiger partial charge in [0.1, 0.15) is 11.3 Å². The monoisotopic (exact) mass is 269 g/mol. The number of aryl methyl sites for hydroxylation is 1. The second-order valence-electron chi connectivity index (χ2n) is 4.53. The van der Waals surface area contributed by atoms with Crippen LogP contribution in [0.2, 0.25) is 0 Å². The molecule has 0 aliphatic rings. The van der Waals surface area contributed by atoms with Crippen molar-refractivity contribution in [2.75, 3.05) is 6.54 Å². The number of nitrogens with zero attached hydrogens (tertiary/aromatic N) is 4. The van der Waals surface area contributed by atoms with Gasteiger partial charge in [0.05, 0.1) is 12.0 Å². The standard InChI is InChI=1S/C14H15N5O/c1-11-13(19-7-3-2-4-12(19)17-11)14(20)16-6-9-18-8-5-15-10-18/h2-5,7-8,10H,6,9H2,1H3,(H,16,20). The summed E-state index contributed by atoms with van der Waals surface area (Å²) in [7, 11) is 0. The zero-order chi connectivity index (χ0) is 13.9.